The smallest absolute Gasteiger partial charge is 0.0584 e. The van der Waals surface area contributed by atoms with Gasteiger partial charge in [-0.3, -0.25) is 0 Å². The summed E-state index contributed by atoms with van der Waals surface area (Å²) >= 11 is 0. The average Bonchev–Trinajstić information content (AvgIpc) is 2.64. The second kappa shape index (κ2) is 10.2. The first kappa shape index (κ1) is 28.6. The number of benzene rings is 1. The second-order valence-electron chi connectivity index (χ2n) is 12.5. The predicted molar refractivity (Wildman–Crippen MR) is 148 cm³/mol. The van der Waals surface area contributed by atoms with Gasteiger partial charge in [0.15, 0.2) is 0 Å². The first-order chi connectivity index (χ1) is 15.3. The highest BCUT2D eigenvalue weighted by atomic mass is 14.2. The third kappa shape index (κ3) is 9.21. The molecule has 0 fully saturated rings. The molecule has 0 saturated heterocycles. The number of rotatable bonds is 0. The van der Waals surface area contributed by atoms with Crippen LogP contribution in [0.4, 0.5) is 0 Å². The molecule has 0 N–H and O–H groups in total. The molecule has 0 heteroatoms. The van der Waals surface area contributed by atoms with Crippen LogP contribution in [0.1, 0.15) is 116 Å². The molecule has 0 aliphatic heterocycles. The van der Waals surface area contributed by atoms with E-state index in [1.54, 1.807) is 0 Å². The van der Waals surface area contributed by atoms with Gasteiger partial charge in [-0.1, -0.05) is 59.2 Å². The van der Waals surface area contributed by atoms with Gasteiger partial charge < -0.3 is 0 Å². The summed E-state index contributed by atoms with van der Waals surface area (Å²) in [5.74, 6) is 32.3. The molecule has 0 radical (unpaired) electrons. The van der Waals surface area contributed by atoms with Crippen LogP contribution in [0.15, 0.2) is 0 Å². The van der Waals surface area contributed by atoms with Crippen LogP contribution in [0.2, 0.25) is 0 Å². The van der Waals surface area contributed by atoms with Gasteiger partial charge in [-0.2, -0.15) is 0 Å². The number of hydrogen-bond donors (Lipinski definition) is 0. The van der Waals surface area contributed by atoms with Crippen molar-refractivity contribution in [2.24, 2.45) is 21.7 Å². The first-order valence-electron chi connectivity index (χ1n) is 11.6. The molecule has 0 atom stereocenters. The van der Waals surface area contributed by atoms with E-state index in [2.05, 4.69) is 142 Å². The van der Waals surface area contributed by atoms with Gasteiger partial charge in [0.1, 0.15) is 0 Å². The maximum Gasteiger partial charge on any atom is 0.0584 e. The molecule has 1 aromatic rings. The summed E-state index contributed by atoms with van der Waals surface area (Å²) in [6, 6.07) is 0. The Balaban J connectivity index is 4.53. The van der Waals surface area contributed by atoms with Crippen molar-refractivity contribution in [1.29, 1.82) is 0 Å². The quantitative estimate of drug-likeness (QED) is 0.369. The van der Waals surface area contributed by atoms with Gasteiger partial charge in [0, 0.05) is 21.7 Å². The number of hydrogen-bond acceptors (Lipinski definition) is 0. The molecular weight excluding hydrogens is 408 g/mol. The van der Waals surface area contributed by atoms with Crippen molar-refractivity contribution >= 4 is 0 Å². The molecule has 0 saturated carbocycles. The minimum absolute atomic E-state index is 0.220. The third-order valence-electron chi connectivity index (χ3n) is 4.04. The summed E-state index contributed by atoms with van der Waals surface area (Å²) in [5.41, 5.74) is 2.93. The molecule has 0 unspecified atom stereocenters. The van der Waals surface area contributed by atoms with Crippen LogP contribution < -0.4 is 0 Å². The fraction of sp³-hybridized carbons (Fsp3) is 0.471. The lowest BCUT2D eigenvalue weighted by Crippen LogP contribution is -2.08. The van der Waals surface area contributed by atoms with Crippen molar-refractivity contribution in [3.63, 3.8) is 0 Å². The lowest BCUT2D eigenvalue weighted by Gasteiger charge is -2.15. The molecule has 0 aliphatic rings. The van der Waals surface area contributed by atoms with E-state index in [9.17, 15) is 0 Å². The first-order valence-corrected chi connectivity index (χ1v) is 11.6. The summed E-state index contributed by atoms with van der Waals surface area (Å²) < 4.78 is 0. The Morgan fingerprint density at radius 1 is 0.353 bits per heavy atom. The Labute approximate surface area is 210 Å². The highest BCUT2D eigenvalue weighted by molar-refractivity contribution is 5.76. The number of terminal acetylenes is 2. The van der Waals surface area contributed by atoms with E-state index < -0.39 is 0 Å². The van der Waals surface area contributed by atoms with Crippen LogP contribution in [-0.2, 0) is 0 Å². The van der Waals surface area contributed by atoms with Crippen LogP contribution in [0.5, 0.6) is 0 Å². The van der Waals surface area contributed by atoms with Gasteiger partial charge in [-0.05, 0) is 83.1 Å². The van der Waals surface area contributed by atoms with Crippen molar-refractivity contribution in [3.05, 3.63) is 33.4 Å². The molecule has 1 aromatic carbocycles. The Hall–Kier alpha value is -3.42. The molecule has 0 spiro atoms. The van der Waals surface area contributed by atoms with E-state index in [0.29, 0.717) is 33.4 Å². The molecular formula is C34H38. The molecule has 0 amide bonds. The second-order valence-corrected chi connectivity index (χ2v) is 12.5. The van der Waals surface area contributed by atoms with E-state index in [4.69, 9.17) is 12.8 Å². The van der Waals surface area contributed by atoms with Crippen molar-refractivity contribution in [1.82, 2.24) is 0 Å². The molecule has 0 bridgehead atoms. The molecule has 0 nitrogen and oxygen atoms in total. The molecule has 0 aliphatic carbocycles. The summed E-state index contributed by atoms with van der Waals surface area (Å²) in [4.78, 5) is 0. The van der Waals surface area contributed by atoms with E-state index >= 15 is 0 Å². The van der Waals surface area contributed by atoms with Crippen molar-refractivity contribution in [2.45, 2.75) is 83.1 Å². The van der Waals surface area contributed by atoms with E-state index in [1.807, 2.05) is 0 Å². The SMILES string of the molecule is C#Cc1c(C#C)c(C#CC(C)(C)C)c(C#CC(C)(C)C)c(C#CC(C)(C)C)c1C#CC(C)(C)C. The molecule has 0 heterocycles. The average molecular weight is 447 g/mol. The Kier molecular flexibility index (Phi) is 8.62. The highest BCUT2D eigenvalue weighted by Crippen LogP contribution is 2.29. The van der Waals surface area contributed by atoms with Gasteiger partial charge in [-0.25, -0.2) is 0 Å². The van der Waals surface area contributed by atoms with E-state index in [-0.39, 0.29) is 21.7 Å². The van der Waals surface area contributed by atoms with Crippen LogP contribution in [0, 0.1) is 93.7 Å². The fourth-order valence-corrected chi connectivity index (χ4v) is 2.54. The van der Waals surface area contributed by atoms with E-state index in [1.165, 1.54) is 0 Å². The Bertz CT molecular complexity index is 1180. The van der Waals surface area contributed by atoms with Gasteiger partial charge in [-0.15, -0.1) is 12.8 Å². The molecule has 174 valence electrons. The van der Waals surface area contributed by atoms with Crippen molar-refractivity contribution in [2.75, 3.05) is 0 Å². The maximum absolute atomic E-state index is 6.02. The van der Waals surface area contributed by atoms with Gasteiger partial charge in [0.2, 0.25) is 0 Å². The zero-order chi connectivity index (χ0) is 26.5. The lowest BCUT2D eigenvalue weighted by atomic mass is 9.84. The summed E-state index contributed by atoms with van der Waals surface area (Å²) in [5, 5.41) is 0. The maximum atomic E-state index is 6.02. The molecule has 34 heavy (non-hydrogen) atoms. The normalized spacial score (nSPS) is 11.1. The summed E-state index contributed by atoms with van der Waals surface area (Å²) in [7, 11) is 0. The van der Waals surface area contributed by atoms with Gasteiger partial charge in [0.25, 0.3) is 0 Å². The Morgan fingerprint density at radius 3 is 0.676 bits per heavy atom. The standard InChI is InChI=1S/C34H38/c1-15-25-26(16-2)28(18-22-32(6,7)8)30(20-24-34(12,13)14)29(19-23-33(9,10)11)27(25)17-21-31(3,4)5/h1-2H,3-14H3. The third-order valence-corrected chi connectivity index (χ3v) is 4.04. The zero-order valence-electron chi connectivity index (χ0n) is 23.2. The van der Waals surface area contributed by atoms with Crippen LogP contribution in [-0.4, -0.2) is 0 Å². The minimum Gasteiger partial charge on any atom is -0.115 e. The van der Waals surface area contributed by atoms with Gasteiger partial charge >= 0.3 is 0 Å². The van der Waals surface area contributed by atoms with Gasteiger partial charge in [0.05, 0.1) is 33.4 Å². The van der Waals surface area contributed by atoms with Crippen molar-refractivity contribution in [3.8, 4) is 72.1 Å². The van der Waals surface area contributed by atoms with Crippen LogP contribution in [0.3, 0.4) is 0 Å². The topological polar surface area (TPSA) is 0 Å². The Morgan fingerprint density at radius 2 is 0.529 bits per heavy atom. The molecule has 1 rings (SSSR count). The highest BCUT2D eigenvalue weighted by Gasteiger charge is 2.21. The molecule has 0 aromatic heterocycles. The fourth-order valence-electron chi connectivity index (χ4n) is 2.54. The van der Waals surface area contributed by atoms with Crippen LogP contribution >= 0.6 is 0 Å². The summed E-state index contributed by atoms with van der Waals surface area (Å²) in [6.07, 6.45) is 12.0. The predicted octanol–water partition coefficient (Wildman–Crippen LogP) is 7.24. The van der Waals surface area contributed by atoms with E-state index in [0.717, 1.165) is 0 Å². The summed E-state index contributed by atoms with van der Waals surface area (Å²) in [6.45, 7) is 24.8. The lowest BCUT2D eigenvalue weighted by molar-refractivity contribution is 0.570. The largest absolute Gasteiger partial charge is 0.115 e. The zero-order valence-corrected chi connectivity index (χ0v) is 23.2. The van der Waals surface area contributed by atoms with Crippen molar-refractivity contribution < 1.29 is 0 Å². The minimum atomic E-state index is -0.223. The van der Waals surface area contributed by atoms with Crippen LogP contribution in [0.25, 0.3) is 0 Å². The monoisotopic (exact) mass is 446 g/mol.